The van der Waals surface area contributed by atoms with E-state index in [0.29, 0.717) is 22.8 Å². The molecule has 19 heavy (non-hydrogen) atoms. The third kappa shape index (κ3) is 3.25. The molecule has 8 heteroatoms. The second kappa shape index (κ2) is 5.61. The van der Waals surface area contributed by atoms with Crippen LogP contribution in [0.1, 0.15) is 12.0 Å². The van der Waals surface area contributed by atoms with Crippen molar-refractivity contribution < 1.29 is 13.2 Å². The van der Waals surface area contributed by atoms with E-state index in [1.807, 2.05) is 0 Å². The SMILES string of the molecule is Cc1cc(S(=O)(=O)NC2CCSC2=O)c(Cl)cc1Cl. The van der Waals surface area contributed by atoms with Gasteiger partial charge in [-0.3, -0.25) is 4.79 Å². The number of benzene rings is 1. The van der Waals surface area contributed by atoms with E-state index in [9.17, 15) is 13.2 Å². The number of rotatable bonds is 3. The number of carbonyl (C=O) groups excluding carboxylic acids is 1. The summed E-state index contributed by atoms with van der Waals surface area (Å²) in [6, 6.07) is 2.11. The summed E-state index contributed by atoms with van der Waals surface area (Å²) in [6.07, 6.45) is 0.493. The van der Waals surface area contributed by atoms with Crippen molar-refractivity contribution in [1.82, 2.24) is 4.72 Å². The summed E-state index contributed by atoms with van der Waals surface area (Å²) in [7, 11) is -3.82. The van der Waals surface area contributed by atoms with Crippen molar-refractivity contribution in [2.75, 3.05) is 5.75 Å². The van der Waals surface area contributed by atoms with Crippen LogP contribution in [0.15, 0.2) is 17.0 Å². The number of thioether (sulfide) groups is 1. The van der Waals surface area contributed by atoms with E-state index in [1.165, 1.54) is 12.1 Å². The molecule has 0 aromatic heterocycles. The molecule has 0 aliphatic carbocycles. The van der Waals surface area contributed by atoms with Crippen LogP contribution in [0.5, 0.6) is 0 Å². The van der Waals surface area contributed by atoms with E-state index < -0.39 is 16.1 Å². The van der Waals surface area contributed by atoms with Gasteiger partial charge in [0.25, 0.3) is 0 Å². The first kappa shape index (κ1) is 15.1. The molecule has 0 spiro atoms. The van der Waals surface area contributed by atoms with Crippen LogP contribution < -0.4 is 4.72 Å². The highest BCUT2D eigenvalue weighted by Crippen LogP contribution is 2.29. The van der Waals surface area contributed by atoms with E-state index in [-0.39, 0.29) is 15.0 Å². The van der Waals surface area contributed by atoms with Crippen molar-refractivity contribution in [3.63, 3.8) is 0 Å². The monoisotopic (exact) mass is 339 g/mol. The van der Waals surface area contributed by atoms with Crippen LogP contribution in [-0.4, -0.2) is 25.3 Å². The molecule has 1 fully saturated rings. The second-order valence-electron chi connectivity index (χ2n) is 4.16. The molecule has 4 nitrogen and oxygen atoms in total. The first-order valence-corrected chi connectivity index (χ1v) is 8.68. The van der Waals surface area contributed by atoms with Crippen molar-refractivity contribution in [2.45, 2.75) is 24.3 Å². The molecule has 1 atom stereocenters. The minimum atomic E-state index is -3.82. The van der Waals surface area contributed by atoms with E-state index in [1.54, 1.807) is 6.92 Å². The summed E-state index contributed by atoms with van der Waals surface area (Å²) in [5.74, 6) is 0.624. The van der Waals surface area contributed by atoms with Gasteiger partial charge in [-0.15, -0.1) is 0 Å². The number of nitrogens with one attached hydrogen (secondary N) is 1. The number of hydrogen-bond donors (Lipinski definition) is 1. The lowest BCUT2D eigenvalue weighted by Gasteiger charge is -2.13. The highest BCUT2D eigenvalue weighted by molar-refractivity contribution is 8.14. The van der Waals surface area contributed by atoms with Gasteiger partial charge in [-0.05, 0) is 31.0 Å². The van der Waals surface area contributed by atoms with Gasteiger partial charge in [0.05, 0.1) is 11.1 Å². The molecule has 1 N–H and O–H groups in total. The number of sulfonamides is 1. The van der Waals surface area contributed by atoms with E-state index in [0.717, 1.165) is 11.8 Å². The Morgan fingerprint density at radius 2 is 2.00 bits per heavy atom. The van der Waals surface area contributed by atoms with E-state index >= 15 is 0 Å². The minimum Gasteiger partial charge on any atom is -0.285 e. The Morgan fingerprint density at radius 1 is 1.32 bits per heavy atom. The molecule has 0 radical (unpaired) electrons. The standard InChI is InChI=1S/C11H11Cl2NO3S2/c1-6-4-10(8(13)5-7(6)12)19(16,17)14-9-2-3-18-11(9)15/h4-5,9,14H,2-3H2,1H3. The van der Waals surface area contributed by atoms with E-state index in [2.05, 4.69) is 4.72 Å². The second-order valence-corrected chi connectivity index (χ2v) is 7.76. The molecule has 1 aromatic rings. The lowest BCUT2D eigenvalue weighted by atomic mass is 10.2. The fourth-order valence-electron chi connectivity index (χ4n) is 1.69. The zero-order chi connectivity index (χ0) is 14.2. The van der Waals surface area contributed by atoms with Gasteiger partial charge in [-0.1, -0.05) is 35.0 Å². The summed E-state index contributed by atoms with van der Waals surface area (Å²) in [5.41, 5.74) is 0.610. The van der Waals surface area contributed by atoms with E-state index in [4.69, 9.17) is 23.2 Å². The molecule has 2 rings (SSSR count). The Hall–Kier alpha value is -0.270. The van der Waals surface area contributed by atoms with Crippen LogP contribution in [0.2, 0.25) is 10.0 Å². The zero-order valence-electron chi connectivity index (χ0n) is 9.94. The molecular formula is C11H11Cl2NO3S2. The average molecular weight is 340 g/mol. The zero-order valence-corrected chi connectivity index (χ0v) is 13.1. The average Bonchev–Trinajstić information content (AvgIpc) is 2.69. The third-order valence-corrected chi connectivity index (χ3v) is 6.09. The van der Waals surface area contributed by atoms with Crippen molar-refractivity contribution in [3.05, 3.63) is 27.7 Å². The largest absolute Gasteiger partial charge is 0.285 e. The van der Waals surface area contributed by atoms with Crippen molar-refractivity contribution in [2.24, 2.45) is 0 Å². The van der Waals surface area contributed by atoms with Crippen molar-refractivity contribution >= 4 is 50.1 Å². The summed E-state index contributed by atoms with van der Waals surface area (Å²) in [4.78, 5) is 11.4. The molecular weight excluding hydrogens is 329 g/mol. The molecule has 1 saturated heterocycles. The fourth-order valence-corrected chi connectivity index (χ4v) is 4.76. The predicted octanol–water partition coefficient (Wildman–Crippen LogP) is 2.61. The Morgan fingerprint density at radius 3 is 2.58 bits per heavy atom. The summed E-state index contributed by atoms with van der Waals surface area (Å²) in [5, 5.41) is 0.281. The molecule has 1 aliphatic heterocycles. The topological polar surface area (TPSA) is 63.2 Å². The van der Waals surface area contributed by atoms with Gasteiger partial charge in [-0.2, -0.15) is 4.72 Å². The van der Waals surface area contributed by atoms with Crippen LogP contribution in [-0.2, 0) is 14.8 Å². The maximum absolute atomic E-state index is 12.2. The molecule has 104 valence electrons. The Labute approximate surface area is 125 Å². The summed E-state index contributed by atoms with van der Waals surface area (Å²) < 4.78 is 26.8. The normalized spacial score (nSPS) is 19.9. The van der Waals surface area contributed by atoms with Crippen LogP contribution in [0, 0.1) is 6.92 Å². The Bertz CT molecular complexity index is 631. The first-order chi connectivity index (χ1) is 8.81. The summed E-state index contributed by atoms with van der Waals surface area (Å²) >= 11 is 12.9. The van der Waals surface area contributed by atoms with Crippen LogP contribution >= 0.6 is 35.0 Å². The van der Waals surface area contributed by atoms with Crippen LogP contribution in [0.3, 0.4) is 0 Å². The third-order valence-electron chi connectivity index (χ3n) is 2.74. The lowest BCUT2D eigenvalue weighted by Crippen LogP contribution is -2.37. The lowest BCUT2D eigenvalue weighted by molar-refractivity contribution is -0.111. The number of halogens is 2. The van der Waals surface area contributed by atoms with Crippen molar-refractivity contribution in [3.8, 4) is 0 Å². The first-order valence-electron chi connectivity index (χ1n) is 5.46. The van der Waals surface area contributed by atoms with Gasteiger partial charge >= 0.3 is 0 Å². The summed E-state index contributed by atoms with van der Waals surface area (Å²) in [6.45, 7) is 1.69. The molecule has 1 aliphatic rings. The fraction of sp³-hybridized carbons (Fsp3) is 0.364. The quantitative estimate of drug-likeness (QED) is 0.919. The minimum absolute atomic E-state index is 0.0428. The van der Waals surface area contributed by atoms with Gasteiger partial charge in [0, 0.05) is 10.8 Å². The maximum Gasteiger partial charge on any atom is 0.242 e. The highest BCUT2D eigenvalue weighted by atomic mass is 35.5. The molecule has 1 unspecified atom stereocenters. The Kier molecular flexibility index (Phi) is 4.47. The molecule has 0 saturated carbocycles. The van der Waals surface area contributed by atoms with Gasteiger partial charge in [0.1, 0.15) is 4.90 Å². The molecule has 1 heterocycles. The van der Waals surface area contributed by atoms with Crippen LogP contribution in [0.25, 0.3) is 0 Å². The predicted molar refractivity (Wildman–Crippen MR) is 77.4 cm³/mol. The maximum atomic E-state index is 12.2. The van der Waals surface area contributed by atoms with Gasteiger partial charge in [0.2, 0.25) is 15.1 Å². The molecule has 0 bridgehead atoms. The van der Waals surface area contributed by atoms with Gasteiger partial charge in [0.15, 0.2) is 0 Å². The number of carbonyl (C=O) groups is 1. The smallest absolute Gasteiger partial charge is 0.242 e. The van der Waals surface area contributed by atoms with Gasteiger partial charge < -0.3 is 0 Å². The Balaban J connectivity index is 2.34. The number of hydrogen-bond acceptors (Lipinski definition) is 4. The number of aryl methyl sites for hydroxylation is 1. The van der Waals surface area contributed by atoms with Gasteiger partial charge in [-0.25, -0.2) is 8.42 Å². The highest BCUT2D eigenvalue weighted by Gasteiger charge is 2.31. The molecule has 0 amide bonds. The molecule has 1 aromatic carbocycles. The van der Waals surface area contributed by atoms with Crippen molar-refractivity contribution in [1.29, 1.82) is 0 Å². The van der Waals surface area contributed by atoms with Crippen LogP contribution in [0.4, 0.5) is 0 Å².